The van der Waals surface area contributed by atoms with E-state index in [1.807, 2.05) is 37.6 Å². The summed E-state index contributed by atoms with van der Waals surface area (Å²) in [5, 5.41) is 3.20. The van der Waals surface area contributed by atoms with E-state index in [0.717, 1.165) is 5.69 Å². The highest BCUT2D eigenvalue weighted by Gasteiger charge is 2.24. The monoisotopic (exact) mass is 297 g/mol. The van der Waals surface area contributed by atoms with E-state index < -0.39 is 5.76 Å². The van der Waals surface area contributed by atoms with Crippen molar-refractivity contribution in [1.29, 1.82) is 0 Å². The lowest BCUT2D eigenvalue weighted by atomic mass is 10.0. The van der Waals surface area contributed by atoms with Crippen LogP contribution in [0.3, 0.4) is 0 Å². The van der Waals surface area contributed by atoms with Crippen LogP contribution in [0.5, 0.6) is 0 Å². The Morgan fingerprint density at radius 2 is 2.00 bits per heavy atom. The molecule has 0 fully saturated rings. The average molecular weight is 297 g/mol. The molecule has 108 valence electrons. The fraction of sp³-hybridized carbons (Fsp3) is 0.357. The number of imidazole rings is 1. The summed E-state index contributed by atoms with van der Waals surface area (Å²) in [5.41, 5.74) is 1.33. The van der Waals surface area contributed by atoms with Gasteiger partial charge in [-0.15, -0.1) is 0 Å². The van der Waals surface area contributed by atoms with Crippen LogP contribution in [-0.2, 0) is 5.54 Å². The normalized spacial score (nSPS) is 12.1. The van der Waals surface area contributed by atoms with Crippen molar-refractivity contribution in [1.82, 2.24) is 14.9 Å². The van der Waals surface area contributed by atoms with Crippen molar-refractivity contribution in [3.05, 3.63) is 42.5 Å². The minimum atomic E-state index is -2.44. The number of alkyl halides is 2. The van der Waals surface area contributed by atoms with Crippen LogP contribution in [0.15, 0.2) is 41.7 Å². The standard InChI is InChI=1S/C14H17F2N3S/c1-14(2,17-3)12-8-18-9-19(12)10-6-4-5-7-11(10)20-13(15)16/h4-9,13,17H,1-3H3. The van der Waals surface area contributed by atoms with Gasteiger partial charge in [0.15, 0.2) is 0 Å². The number of halogens is 2. The number of rotatable bonds is 5. The Labute approximate surface area is 121 Å². The number of para-hydroxylation sites is 1. The molecular formula is C14H17F2N3S. The molecule has 0 amide bonds. The van der Waals surface area contributed by atoms with Gasteiger partial charge in [-0.2, -0.15) is 8.78 Å². The third-order valence-corrected chi connectivity index (χ3v) is 4.02. The second kappa shape index (κ2) is 5.93. The van der Waals surface area contributed by atoms with Gasteiger partial charge in [-0.3, -0.25) is 0 Å². The lowest BCUT2D eigenvalue weighted by Gasteiger charge is -2.26. The molecule has 0 aliphatic rings. The summed E-state index contributed by atoms with van der Waals surface area (Å²) in [6, 6.07) is 7.11. The van der Waals surface area contributed by atoms with Gasteiger partial charge in [0, 0.05) is 4.90 Å². The van der Waals surface area contributed by atoms with Gasteiger partial charge in [-0.05, 0) is 33.0 Å². The van der Waals surface area contributed by atoms with Crippen LogP contribution in [-0.4, -0.2) is 22.4 Å². The van der Waals surface area contributed by atoms with Gasteiger partial charge in [-0.1, -0.05) is 23.9 Å². The van der Waals surface area contributed by atoms with Gasteiger partial charge < -0.3 is 9.88 Å². The Morgan fingerprint density at radius 3 is 2.65 bits per heavy atom. The molecule has 0 saturated heterocycles. The second-order valence-electron chi connectivity index (χ2n) is 4.87. The lowest BCUT2D eigenvalue weighted by Crippen LogP contribution is -2.35. The fourth-order valence-electron chi connectivity index (χ4n) is 1.93. The molecule has 0 saturated carbocycles. The minimum Gasteiger partial charge on any atom is -0.310 e. The molecule has 0 radical (unpaired) electrons. The topological polar surface area (TPSA) is 29.9 Å². The van der Waals surface area contributed by atoms with E-state index in [-0.39, 0.29) is 5.54 Å². The van der Waals surface area contributed by atoms with Crippen LogP contribution in [0.4, 0.5) is 8.78 Å². The van der Waals surface area contributed by atoms with Crippen molar-refractivity contribution in [3.8, 4) is 5.69 Å². The SMILES string of the molecule is CNC(C)(C)c1cncn1-c1ccccc1SC(F)F. The van der Waals surface area contributed by atoms with E-state index >= 15 is 0 Å². The number of nitrogens with one attached hydrogen (secondary N) is 1. The minimum absolute atomic E-state index is 0.306. The van der Waals surface area contributed by atoms with Gasteiger partial charge >= 0.3 is 0 Å². The molecule has 1 aromatic carbocycles. The van der Waals surface area contributed by atoms with E-state index in [4.69, 9.17) is 0 Å². The average Bonchev–Trinajstić information content (AvgIpc) is 2.88. The second-order valence-corrected chi connectivity index (χ2v) is 5.90. The van der Waals surface area contributed by atoms with Crippen molar-refractivity contribution < 1.29 is 8.78 Å². The van der Waals surface area contributed by atoms with E-state index in [2.05, 4.69) is 10.3 Å². The van der Waals surface area contributed by atoms with E-state index in [9.17, 15) is 8.78 Å². The predicted octanol–water partition coefficient (Wildman–Crippen LogP) is 3.64. The molecule has 0 aliphatic carbocycles. The first-order valence-electron chi connectivity index (χ1n) is 6.21. The van der Waals surface area contributed by atoms with Crippen LogP contribution in [0.2, 0.25) is 0 Å². The van der Waals surface area contributed by atoms with Gasteiger partial charge in [0.05, 0.1) is 29.4 Å². The maximum Gasteiger partial charge on any atom is 0.288 e. The summed E-state index contributed by atoms with van der Waals surface area (Å²) >= 11 is 0.548. The zero-order chi connectivity index (χ0) is 14.8. The molecular weight excluding hydrogens is 280 g/mol. The van der Waals surface area contributed by atoms with Crippen molar-refractivity contribution in [2.24, 2.45) is 0 Å². The van der Waals surface area contributed by atoms with Gasteiger partial charge in [0.1, 0.15) is 0 Å². The van der Waals surface area contributed by atoms with Crippen LogP contribution in [0.25, 0.3) is 5.69 Å². The molecule has 2 rings (SSSR count). The highest BCUT2D eigenvalue weighted by Crippen LogP contribution is 2.32. The highest BCUT2D eigenvalue weighted by atomic mass is 32.2. The van der Waals surface area contributed by atoms with Crippen LogP contribution < -0.4 is 5.32 Å². The van der Waals surface area contributed by atoms with Crippen molar-refractivity contribution in [2.75, 3.05) is 7.05 Å². The maximum absolute atomic E-state index is 12.7. The molecule has 3 nitrogen and oxygen atoms in total. The fourth-order valence-corrected chi connectivity index (χ4v) is 2.57. The number of thioether (sulfide) groups is 1. The molecule has 0 bridgehead atoms. The van der Waals surface area contributed by atoms with Crippen molar-refractivity contribution in [2.45, 2.75) is 30.0 Å². The molecule has 0 aliphatic heterocycles. The summed E-state index contributed by atoms with van der Waals surface area (Å²) in [6.07, 6.45) is 3.40. The lowest BCUT2D eigenvalue weighted by molar-refractivity contribution is 0.252. The number of nitrogens with zero attached hydrogens (tertiary/aromatic N) is 2. The summed E-state index contributed by atoms with van der Waals surface area (Å²) in [5.74, 6) is -2.44. The Bertz CT molecular complexity index is 581. The molecule has 0 atom stereocenters. The smallest absolute Gasteiger partial charge is 0.288 e. The van der Waals surface area contributed by atoms with Gasteiger partial charge in [-0.25, -0.2) is 4.98 Å². The Hall–Kier alpha value is -1.40. The van der Waals surface area contributed by atoms with Crippen molar-refractivity contribution >= 4 is 11.8 Å². The molecule has 0 spiro atoms. The first-order valence-corrected chi connectivity index (χ1v) is 7.09. The van der Waals surface area contributed by atoms with Crippen LogP contribution in [0.1, 0.15) is 19.5 Å². The first kappa shape index (κ1) is 15.0. The molecule has 1 N–H and O–H groups in total. The molecule has 1 aromatic heterocycles. The summed E-state index contributed by atoms with van der Waals surface area (Å²) in [4.78, 5) is 4.70. The highest BCUT2D eigenvalue weighted by molar-refractivity contribution is 7.99. The quantitative estimate of drug-likeness (QED) is 0.855. The van der Waals surface area contributed by atoms with Gasteiger partial charge in [0.2, 0.25) is 0 Å². The zero-order valence-electron chi connectivity index (χ0n) is 11.6. The molecule has 6 heteroatoms. The summed E-state index contributed by atoms with van der Waals surface area (Å²) < 4.78 is 27.2. The number of benzene rings is 1. The number of hydrogen-bond donors (Lipinski definition) is 1. The Morgan fingerprint density at radius 1 is 1.30 bits per heavy atom. The van der Waals surface area contributed by atoms with E-state index in [1.54, 1.807) is 24.7 Å². The van der Waals surface area contributed by atoms with Crippen LogP contribution in [0, 0.1) is 0 Å². The van der Waals surface area contributed by atoms with E-state index in [1.165, 1.54) is 0 Å². The molecule has 2 aromatic rings. The summed E-state index contributed by atoms with van der Waals surface area (Å²) in [7, 11) is 1.86. The van der Waals surface area contributed by atoms with Gasteiger partial charge in [0.25, 0.3) is 5.76 Å². The molecule has 0 unspecified atom stereocenters. The molecule has 20 heavy (non-hydrogen) atoms. The zero-order valence-corrected chi connectivity index (χ0v) is 12.4. The van der Waals surface area contributed by atoms with Crippen LogP contribution >= 0.6 is 11.8 Å². The van der Waals surface area contributed by atoms with E-state index in [0.29, 0.717) is 22.3 Å². The largest absolute Gasteiger partial charge is 0.310 e. The number of aromatic nitrogens is 2. The van der Waals surface area contributed by atoms with Crippen molar-refractivity contribution in [3.63, 3.8) is 0 Å². The molecule has 1 heterocycles. The Balaban J connectivity index is 2.51. The predicted molar refractivity (Wildman–Crippen MR) is 77.5 cm³/mol. The third-order valence-electron chi connectivity index (χ3n) is 3.24. The number of hydrogen-bond acceptors (Lipinski definition) is 3. The maximum atomic E-state index is 12.7. The first-order chi connectivity index (χ1) is 9.45. The Kier molecular flexibility index (Phi) is 4.45. The summed E-state index contributed by atoms with van der Waals surface area (Å²) in [6.45, 7) is 4.03. The third kappa shape index (κ3) is 3.02.